The summed E-state index contributed by atoms with van der Waals surface area (Å²) in [5, 5.41) is 6.28. The van der Waals surface area contributed by atoms with Crippen LogP contribution in [0.1, 0.15) is 17.4 Å². The standard InChI is InChI=1S/C7H9ClN2O3/c1-3-13-6-4(8)5(9-10-6)7(11)12-2/h3H2,1-2H3,(H,9,10). The molecule has 13 heavy (non-hydrogen) atoms. The van der Waals surface area contributed by atoms with Gasteiger partial charge in [-0.15, -0.1) is 0 Å². The number of hydrogen-bond acceptors (Lipinski definition) is 4. The first-order chi connectivity index (χ1) is 6.20. The molecule has 1 heterocycles. The number of esters is 1. The minimum atomic E-state index is -0.591. The molecule has 0 bridgehead atoms. The van der Waals surface area contributed by atoms with E-state index in [9.17, 15) is 4.79 Å². The highest BCUT2D eigenvalue weighted by atomic mass is 35.5. The van der Waals surface area contributed by atoms with Crippen molar-refractivity contribution in [2.24, 2.45) is 0 Å². The summed E-state index contributed by atoms with van der Waals surface area (Å²) in [6.45, 7) is 2.25. The van der Waals surface area contributed by atoms with Crippen molar-refractivity contribution in [1.29, 1.82) is 0 Å². The Balaban J connectivity index is 2.92. The molecule has 1 rings (SSSR count). The summed E-state index contributed by atoms with van der Waals surface area (Å²) < 4.78 is 9.50. The number of methoxy groups -OCH3 is 1. The Morgan fingerprint density at radius 3 is 2.92 bits per heavy atom. The number of hydrogen-bond donors (Lipinski definition) is 1. The van der Waals surface area contributed by atoms with Crippen molar-refractivity contribution >= 4 is 17.6 Å². The first-order valence-corrected chi connectivity index (χ1v) is 4.03. The Labute approximate surface area is 80.0 Å². The van der Waals surface area contributed by atoms with Crippen molar-refractivity contribution in [3.8, 4) is 5.88 Å². The highest BCUT2D eigenvalue weighted by molar-refractivity contribution is 6.34. The van der Waals surface area contributed by atoms with Gasteiger partial charge in [-0.3, -0.25) is 0 Å². The van der Waals surface area contributed by atoms with Gasteiger partial charge in [0, 0.05) is 0 Å². The number of halogens is 1. The Kier molecular flexibility index (Phi) is 3.13. The van der Waals surface area contributed by atoms with E-state index in [1.165, 1.54) is 7.11 Å². The van der Waals surface area contributed by atoms with Gasteiger partial charge in [-0.2, -0.15) is 5.10 Å². The van der Waals surface area contributed by atoms with E-state index in [-0.39, 0.29) is 16.6 Å². The van der Waals surface area contributed by atoms with Gasteiger partial charge in [-0.1, -0.05) is 11.6 Å². The maximum atomic E-state index is 11.0. The summed E-state index contributed by atoms with van der Waals surface area (Å²) in [6, 6.07) is 0. The molecule has 0 spiro atoms. The molecule has 0 atom stereocenters. The molecular weight excluding hydrogens is 196 g/mol. The van der Waals surface area contributed by atoms with Gasteiger partial charge in [0.25, 0.3) is 0 Å². The zero-order chi connectivity index (χ0) is 9.84. The Bertz CT molecular complexity index is 311. The Hall–Kier alpha value is -1.23. The minimum Gasteiger partial charge on any atom is -0.477 e. The average molecular weight is 205 g/mol. The van der Waals surface area contributed by atoms with Crippen LogP contribution in [0, 0.1) is 0 Å². The molecule has 1 aromatic heterocycles. The van der Waals surface area contributed by atoms with Crippen molar-refractivity contribution in [3.05, 3.63) is 10.7 Å². The second kappa shape index (κ2) is 4.13. The van der Waals surface area contributed by atoms with Gasteiger partial charge < -0.3 is 9.47 Å². The smallest absolute Gasteiger partial charge is 0.360 e. The highest BCUT2D eigenvalue weighted by Crippen LogP contribution is 2.25. The predicted octanol–water partition coefficient (Wildman–Crippen LogP) is 1.25. The fourth-order valence-corrected chi connectivity index (χ4v) is 1.00. The molecule has 72 valence electrons. The van der Waals surface area contributed by atoms with Crippen molar-refractivity contribution in [2.75, 3.05) is 13.7 Å². The summed E-state index contributed by atoms with van der Waals surface area (Å²) in [4.78, 5) is 11.0. The van der Waals surface area contributed by atoms with E-state index in [4.69, 9.17) is 16.3 Å². The number of aromatic nitrogens is 2. The van der Waals surface area contributed by atoms with Crippen molar-refractivity contribution < 1.29 is 14.3 Å². The third kappa shape index (κ3) is 1.92. The van der Waals surface area contributed by atoms with Crippen molar-refractivity contribution in [3.63, 3.8) is 0 Å². The second-order valence-electron chi connectivity index (χ2n) is 2.14. The fraction of sp³-hybridized carbons (Fsp3) is 0.429. The average Bonchev–Trinajstić information content (AvgIpc) is 2.48. The van der Waals surface area contributed by atoms with Crippen LogP contribution in [0.2, 0.25) is 5.02 Å². The van der Waals surface area contributed by atoms with Gasteiger partial charge in [0.15, 0.2) is 5.69 Å². The molecule has 0 aromatic carbocycles. The van der Waals surface area contributed by atoms with Crippen LogP contribution in [-0.4, -0.2) is 29.9 Å². The van der Waals surface area contributed by atoms with E-state index < -0.39 is 5.97 Å². The third-order valence-electron chi connectivity index (χ3n) is 1.34. The molecule has 0 radical (unpaired) electrons. The molecule has 1 N–H and O–H groups in total. The number of nitrogens with one attached hydrogen (secondary N) is 1. The van der Waals surface area contributed by atoms with Crippen LogP contribution in [0.15, 0.2) is 0 Å². The summed E-state index contributed by atoms with van der Waals surface area (Å²) in [6.07, 6.45) is 0. The molecule has 1 aromatic rings. The first-order valence-electron chi connectivity index (χ1n) is 3.65. The summed E-state index contributed by atoms with van der Waals surface area (Å²) >= 11 is 5.76. The van der Waals surface area contributed by atoms with E-state index >= 15 is 0 Å². The molecule has 0 saturated carbocycles. The minimum absolute atomic E-state index is 0.0348. The molecular formula is C7H9ClN2O3. The maximum absolute atomic E-state index is 11.0. The lowest BCUT2D eigenvalue weighted by molar-refractivity contribution is 0.0594. The van der Waals surface area contributed by atoms with Gasteiger partial charge in [0.2, 0.25) is 5.88 Å². The lowest BCUT2D eigenvalue weighted by Gasteiger charge is -1.97. The lowest BCUT2D eigenvalue weighted by atomic mass is 10.4. The zero-order valence-corrected chi connectivity index (χ0v) is 8.01. The van der Waals surface area contributed by atoms with Crippen LogP contribution in [0.5, 0.6) is 5.88 Å². The number of ether oxygens (including phenoxy) is 2. The summed E-state index contributed by atoms with van der Waals surface area (Å²) in [7, 11) is 1.26. The van der Waals surface area contributed by atoms with Crippen LogP contribution in [-0.2, 0) is 4.74 Å². The van der Waals surface area contributed by atoms with E-state index in [0.717, 1.165) is 0 Å². The van der Waals surface area contributed by atoms with Crippen LogP contribution < -0.4 is 4.74 Å². The molecule has 0 aliphatic heterocycles. The van der Waals surface area contributed by atoms with Gasteiger partial charge >= 0.3 is 5.97 Å². The van der Waals surface area contributed by atoms with Crippen LogP contribution in [0.4, 0.5) is 0 Å². The van der Waals surface area contributed by atoms with Crippen LogP contribution in [0.3, 0.4) is 0 Å². The number of aromatic amines is 1. The van der Waals surface area contributed by atoms with Gasteiger partial charge in [0.1, 0.15) is 5.02 Å². The predicted molar refractivity (Wildman–Crippen MR) is 46.1 cm³/mol. The Morgan fingerprint density at radius 1 is 1.69 bits per heavy atom. The van der Waals surface area contributed by atoms with Crippen molar-refractivity contribution in [2.45, 2.75) is 6.92 Å². The second-order valence-corrected chi connectivity index (χ2v) is 2.52. The molecule has 0 unspecified atom stereocenters. The quantitative estimate of drug-likeness (QED) is 0.753. The van der Waals surface area contributed by atoms with Crippen molar-refractivity contribution in [1.82, 2.24) is 10.2 Å². The molecule has 0 fully saturated rings. The van der Waals surface area contributed by atoms with E-state index in [1.807, 2.05) is 0 Å². The molecule has 0 amide bonds. The first kappa shape index (κ1) is 9.85. The number of carbonyl (C=O) groups is 1. The monoisotopic (exact) mass is 204 g/mol. The number of H-pyrrole nitrogens is 1. The van der Waals surface area contributed by atoms with E-state index in [0.29, 0.717) is 6.61 Å². The number of rotatable bonds is 3. The lowest BCUT2D eigenvalue weighted by Crippen LogP contribution is -2.02. The zero-order valence-electron chi connectivity index (χ0n) is 7.26. The SMILES string of the molecule is CCOc1[nH]nc(C(=O)OC)c1Cl. The van der Waals surface area contributed by atoms with Crippen LogP contribution in [0.25, 0.3) is 0 Å². The largest absolute Gasteiger partial charge is 0.477 e. The molecule has 0 aliphatic carbocycles. The molecule has 0 aliphatic rings. The number of carbonyl (C=O) groups excluding carboxylic acids is 1. The van der Waals surface area contributed by atoms with E-state index in [2.05, 4.69) is 14.9 Å². The Morgan fingerprint density at radius 2 is 2.38 bits per heavy atom. The highest BCUT2D eigenvalue weighted by Gasteiger charge is 2.19. The van der Waals surface area contributed by atoms with Gasteiger partial charge in [-0.05, 0) is 6.92 Å². The van der Waals surface area contributed by atoms with E-state index in [1.54, 1.807) is 6.92 Å². The molecule has 5 nitrogen and oxygen atoms in total. The van der Waals surface area contributed by atoms with Crippen LogP contribution >= 0.6 is 11.6 Å². The van der Waals surface area contributed by atoms with Gasteiger partial charge in [-0.25, -0.2) is 9.89 Å². The maximum Gasteiger partial charge on any atom is 0.360 e. The summed E-state index contributed by atoms with van der Waals surface area (Å²) in [5.74, 6) is -0.309. The fourth-order valence-electron chi connectivity index (χ4n) is 0.784. The topological polar surface area (TPSA) is 64.2 Å². The summed E-state index contributed by atoms with van der Waals surface area (Å²) in [5.41, 5.74) is 0.0348. The third-order valence-corrected chi connectivity index (χ3v) is 1.69. The van der Waals surface area contributed by atoms with Gasteiger partial charge in [0.05, 0.1) is 13.7 Å². The normalized spacial score (nSPS) is 9.77. The number of nitrogens with zero attached hydrogens (tertiary/aromatic N) is 1. The molecule has 6 heteroatoms. The molecule has 0 saturated heterocycles.